The lowest BCUT2D eigenvalue weighted by Gasteiger charge is -2.33. The predicted molar refractivity (Wildman–Crippen MR) is 98.0 cm³/mol. The molecule has 7 heteroatoms. The van der Waals surface area contributed by atoms with Gasteiger partial charge >= 0.3 is 6.03 Å². The fourth-order valence-corrected chi connectivity index (χ4v) is 3.86. The molecule has 2 heterocycles. The van der Waals surface area contributed by atoms with E-state index in [9.17, 15) is 9.59 Å². The second-order valence-electron chi connectivity index (χ2n) is 6.28. The van der Waals surface area contributed by atoms with Crippen LogP contribution in [0.4, 0.5) is 4.79 Å². The normalized spacial score (nSPS) is 21.4. The Bertz CT molecular complexity index is 901. The summed E-state index contributed by atoms with van der Waals surface area (Å²) < 4.78 is 11.7. The lowest BCUT2D eigenvalue weighted by atomic mass is 9.84. The van der Waals surface area contributed by atoms with E-state index in [-0.39, 0.29) is 12.5 Å². The zero-order valence-corrected chi connectivity index (χ0v) is 15.7. The maximum atomic E-state index is 13.3. The van der Waals surface area contributed by atoms with Crippen LogP contribution in [0.1, 0.15) is 17.5 Å². The molecular weight excluding hydrogens is 400 g/mol. The molecule has 1 saturated heterocycles. The van der Waals surface area contributed by atoms with E-state index < -0.39 is 11.6 Å². The number of methoxy groups -OCH3 is 1. The molecule has 2 aliphatic heterocycles. The van der Waals surface area contributed by atoms with Crippen LogP contribution in [0.25, 0.3) is 0 Å². The van der Waals surface area contributed by atoms with Gasteiger partial charge in [-0.3, -0.25) is 9.69 Å². The van der Waals surface area contributed by atoms with Crippen LogP contribution in [-0.2, 0) is 16.9 Å². The quantitative estimate of drug-likeness (QED) is 0.780. The molecule has 0 saturated carbocycles. The zero-order chi connectivity index (χ0) is 18.3. The first-order valence-corrected chi connectivity index (χ1v) is 9.03. The minimum absolute atomic E-state index is 0.160. The number of fused-ring (bicyclic) bond motifs is 2. The highest BCUT2D eigenvalue weighted by Crippen LogP contribution is 2.41. The van der Waals surface area contributed by atoms with Gasteiger partial charge in [-0.25, -0.2) is 4.79 Å². The molecule has 0 unspecified atom stereocenters. The Hall–Kier alpha value is -2.54. The van der Waals surface area contributed by atoms with Gasteiger partial charge in [0.25, 0.3) is 5.91 Å². The second-order valence-corrected chi connectivity index (χ2v) is 7.13. The number of halogens is 1. The molecule has 6 nitrogen and oxygen atoms in total. The minimum Gasteiger partial charge on any atom is -0.497 e. The number of carbonyl (C=O) groups excluding carboxylic acids is 2. The smallest absolute Gasteiger partial charge is 0.325 e. The van der Waals surface area contributed by atoms with Gasteiger partial charge in [-0.05, 0) is 29.8 Å². The van der Waals surface area contributed by atoms with Crippen molar-refractivity contribution in [2.45, 2.75) is 18.5 Å². The van der Waals surface area contributed by atoms with Crippen LogP contribution in [0.15, 0.2) is 46.9 Å². The fourth-order valence-electron chi connectivity index (χ4n) is 3.49. The monoisotopic (exact) mass is 416 g/mol. The van der Waals surface area contributed by atoms with E-state index in [1.54, 1.807) is 7.11 Å². The summed E-state index contributed by atoms with van der Waals surface area (Å²) in [5.41, 5.74) is 0.444. The maximum Gasteiger partial charge on any atom is 0.325 e. The number of rotatable bonds is 3. The number of benzene rings is 2. The Morgan fingerprint density at radius 1 is 1.27 bits per heavy atom. The summed E-state index contributed by atoms with van der Waals surface area (Å²) >= 11 is 3.47. The molecule has 0 bridgehead atoms. The lowest BCUT2D eigenvalue weighted by molar-refractivity contribution is -0.133. The molecule has 26 heavy (non-hydrogen) atoms. The van der Waals surface area contributed by atoms with Gasteiger partial charge in [-0.15, -0.1) is 0 Å². The minimum atomic E-state index is -1.06. The van der Waals surface area contributed by atoms with Crippen LogP contribution in [0.5, 0.6) is 11.5 Å². The van der Waals surface area contributed by atoms with Crippen molar-refractivity contribution in [3.63, 3.8) is 0 Å². The van der Waals surface area contributed by atoms with E-state index >= 15 is 0 Å². The highest BCUT2D eigenvalue weighted by atomic mass is 79.9. The Morgan fingerprint density at radius 2 is 2.08 bits per heavy atom. The summed E-state index contributed by atoms with van der Waals surface area (Å²) in [5.74, 6) is 1.05. The summed E-state index contributed by atoms with van der Waals surface area (Å²) in [4.78, 5) is 27.2. The topological polar surface area (TPSA) is 67.9 Å². The van der Waals surface area contributed by atoms with Crippen LogP contribution >= 0.6 is 15.9 Å². The molecule has 0 aromatic heterocycles. The third-order valence-electron chi connectivity index (χ3n) is 4.84. The summed E-state index contributed by atoms with van der Waals surface area (Å²) in [6, 6.07) is 12.4. The van der Waals surface area contributed by atoms with Crippen molar-refractivity contribution in [1.29, 1.82) is 0 Å². The van der Waals surface area contributed by atoms with Crippen molar-refractivity contribution in [2.75, 3.05) is 13.7 Å². The van der Waals surface area contributed by atoms with Crippen molar-refractivity contribution in [3.8, 4) is 11.5 Å². The van der Waals surface area contributed by atoms with Crippen LogP contribution < -0.4 is 14.8 Å². The van der Waals surface area contributed by atoms with E-state index in [4.69, 9.17) is 9.47 Å². The number of urea groups is 1. The average molecular weight is 417 g/mol. The first-order valence-electron chi connectivity index (χ1n) is 8.24. The molecule has 134 valence electrons. The standard InChI is InChI=1S/C19H17BrN2O4/c1-25-13-6-7-15(20)12(10-13)11-22-17(23)19(21-18(22)24)8-9-26-16-5-3-2-4-14(16)19/h2-7,10H,8-9,11H2,1H3,(H,21,24)/t19-/m0/s1. The number of hydrogen-bond donors (Lipinski definition) is 1. The maximum absolute atomic E-state index is 13.3. The molecule has 1 N–H and O–H groups in total. The molecule has 1 spiro atoms. The summed E-state index contributed by atoms with van der Waals surface area (Å²) in [7, 11) is 1.58. The highest BCUT2D eigenvalue weighted by Gasteiger charge is 2.54. The Balaban J connectivity index is 1.69. The van der Waals surface area contributed by atoms with Crippen LogP contribution in [0.3, 0.4) is 0 Å². The fraction of sp³-hybridized carbons (Fsp3) is 0.263. The van der Waals surface area contributed by atoms with Crippen molar-refractivity contribution >= 4 is 27.9 Å². The zero-order valence-electron chi connectivity index (χ0n) is 14.1. The van der Waals surface area contributed by atoms with Crippen molar-refractivity contribution in [2.24, 2.45) is 0 Å². The van der Waals surface area contributed by atoms with Gasteiger partial charge in [0.2, 0.25) is 0 Å². The molecule has 1 fully saturated rings. The van der Waals surface area contributed by atoms with Gasteiger partial charge in [-0.2, -0.15) is 0 Å². The number of amides is 3. The third-order valence-corrected chi connectivity index (χ3v) is 5.61. The number of imide groups is 1. The van der Waals surface area contributed by atoms with E-state index in [0.717, 1.165) is 10.0 Å². The van der Waals surface area contributed by atoms with Crippen molar-refractivity contribution in [1.82, 2.24) is 10.2 Å². The Morgan fingerprint density at radius 3 is 2.88 bits per heavy atom. The molecule has 2 aromatic rings. The number of nitrogens with zero attached hydrogens (tertiary/aromatic N) is 1. The summed E-state index contributed by atoms with van der Waals surface area (Å²) in [5, 5.41) is 2.90. The van der Waals surface area contributed by atoms with Crippen molar-refractivity contribution in [3.05, 3.63) is 58.1 Å². The van der Waals surface area contributed by atoms with Crippen LogP contribution in [-0.4, -0.2) is 30.6 Å². The number of carbonyl (C=O) groups is 2. The van der Waals surface area contributed by atoms with Gasteiger partial charge in [0.1, 0.15) is 11.5 Å². The largest absolute Gasteiger partial charge is 0.497 e. The number of hydrogen-bond acceptors (Lipinski definition) is 4. The van der Waals surface area contributed by atoms with E-state index in [1.165, 1.54) is 4.90 Å². The third kappa shape index (κ3) is 2.54. The first kappa shape index (κ1) is 16.9. The molecule has 0 radical (unpaired) electrons. The molecule has 2 aliphatic rings. The molecule has 1 atom stereocenters. The van der Waals surface area contributed by atoms with Gasteiger partial charge in [0, 0.05) is 16.5 Å². The molecule has 4 rings (SSSR count). The van der Waals surface area contributed by atoms with Gasteiger partial charge in [-0.1, -0.05) is 34.1 Å². The number of nitrogens with one attached hydrogen (secondary N) is 1. The van der Waals surface area contributed by atoms with Crippen LogP contribution in [0, 0.1) is 0 Å². The van der Waals surface area contributed by atoms with E-state index in [0.29, 0.717) is 30.1 Å². The molecule has 0 aliphatic carbocycles. The van der Waals surface area contributed by atoms with E-state index in [2.05, 4.69) is 21.2 Å². The predicted octanol–water partition coefficient (Wildman–Crippen LogP) is 3.19. The average Bonchev–Trinajstić information content (AvgIpc) is 2.88. The van der Waals surface area contributed by atoms with Gasteiger partial charge in [0.15, 0.2) is 5.54 Å². The Labute approximate surface area is 159 Å². The molecular formula is C19H17BrN2O4. The number of ether oxygens (including phenoxy) is 2. The summed E-state index contributed by atoms with van der Waals surface area (Å²) in [6.45, 7) is 0.535. The van der Waals surface area contributed by atoms with Crippen LogP contribution in [0.2, 0.25) is 0 Å². The Kier molecular flexibility index (Phi) is 4.11. The highest BCUT2D eigenvalue weighted by molar-refractivity contribution is 9.10. The van der Waals surface area contributed by atoms with E-state index in [1.807, 2.05) is 42.5 Å². The SMILES string of the molecule is COc1ccc(Br)c(CN2C(=O)N[C@]3(CCOc4ccccc43)C2=O)c1. The first-order chi connectivity index (χ1) is 12.5. The molecule has 3 amide bonds. The molecule has 2 aromatic carbocycles. The lowest BCUT2D eigenvalue weighted by Crippen LogP contribution is -2.47. The summed E-state index contributed by atoms with van der Waals surface area (Å²) in [6.07, 6.45) is 0.407. The van der Waals surface area contributed by atoms with Gasteiger partial charge < -0.3 is 14.8 Å². The van der Waals surface area contributed by atoms with Gasteiger partial charge in [0.05, 0.1) is 20.3 Å². The number of para-hydroxylation sites is 1. The van der Waals surface area contributed by atoms with Crippen molar-refractivity contribution < 1.29 is 19.1 Å². The second kappa shape index (κ2) is 6.32.